The molecule has 0 radical (unpaired) electrons. The molecular weight excluding hydrogens is 212 g/mol. The second-order valence-corrected chi connectivity index (χ2v) is 5.04. The van der Waals surface area contributed by atoms with E-state index >= 15 is 0 Å². The van der Waals surface area contributed by atoms with Gasteiger partial charge < -0.3 is 5.32 Å². The minimum Gasteiger partial charge on any atom is -0.346 e. The maximum atomic E-state index is 12.0. The van der Waals surface area contributed by atoms with Gasteiger partial charge in [-0.3, -0.25) is 9.64 Å². The predicted molar refractivity (Wildman–Crippen MR) is 67.2 cm³/mol. The maximum Gasteiger partial charge on any atom is 0.353 e. The molecule has 0 unspecified atom stereocenters. The topological polar surface area (TPSA) is 33.5 Å². The predicted octanol–water partition coefficient (Wildman–Crippen LogP) is 2.61. The molecule has 2 aliphatic rings. The summed E-state index contributed by atoms with van der Waals surface area (Å²) in [4.78, 5) is 15.6. The van der Waals surface area contributed by atoms with Crippen LogP contribution in [-0.4, -0.2) is 17.5 Å². The van der Waals surface area contributed by atoms with Gasteiger partial charge in [-0.05, 0) is 45.1 Å². The monoisotopic (exact) mass is 230 g/mol. The van der Waals surface area contributed by atoms with Gasteiger partial charge in [-0.1, -0.05) is 6.08 Å². The third-order valence-electron chi connectivity index (χ3n) is 3.26. The summed E-state index contributed by atoms with van der Waals surface area (Å²) in [7, 11) is 0. The summed E-state index contributed by atoms with van der Waals surface area (Å²) in [5, 5.41) is 2.83. The number of carbonyl (C=O) groups excluding carboxylic acids is 1. The molecule has 1 atom stereocenters. The quantitative estimate of drug-likeness (QED) is 0.743. The zero-order valence-electron chi connectivity index (χ0n) is 10.4. The fraction of sp³-hybridized carbons (Fsp3) is 0.571. The Kier molecular flexibility index (Phi) is 3.06. The Balaban J connectivity index is 2.09. The van der Waals surface area contributed by atoms with Crippen molar-refractivity contribution in [2.75, 3.05) is 0 Å². The molecule has 0 aromatic rings. The van der Waals surface area contributed by atoms with Crippen LogP contribution in [0.5, 0.6) is 0 Å². The van der Waals surface area contributed by atoms with Gasteiger partial charge in [0.15, 0.2) is 0 Å². The minimum atomic E-state index is -0.979. The van der Waals surface area contributed by atoms with Crippen molar-refractivity contribution in [3.63, 3.8) is 0 Å². The average Bonchev–Trinajstić information content (AvgIpc) is 3.05. The van der Waals surface area contributed by atoms with Gasteiger partial charge in [0, 0.05) is 12.1 Å². The number of nitrogens with one attached hydrogen (secondary N) is 1. The van der Waals surface area contributed by atoms with Gasteiger partial charge in [-0.15, -0.1) is 0 Å². The molecule has 1 N–H and O–H groups in total. The largest absolute Gasteiger partial charge is 0.353 e. The van der Waals surface area contributed by atoms with Gasteiger partial charge in [0.05, 0.1) is 5.57 Å². The molecule has 90 valence electrons. The highest BCUT2D eigenvalue weighted by atomic mass is 16.2. The van der Waals surface area contributed by atoms with E-state index in [4.69, 9.17) is 6.57 Å². The van der Waals surface area contributed by atoms with Gasteiger partial charge in [0.25, 0.3) is 0 Å². The molecule has 0 bridgehead atoms. The summed E-state index contributed by atoms with van der Waals surface area (Å²) in [5.41, 5.74) is 1.18. The van der Waals surface area contributed by atoms with E-state index in [1.165, 1.54) is 18.4 Å². The van der Waals surface area contributed by atoms with Gasteiger partial charge >= 0.3 is 11.4 Å². The van der Waals surface area contributed by atoms with Crippen LogP contribution in [0.1, 0.15) is 39.5 Å². The lowest BCUT2D eigenvalue weighted by atomic mass is 9.94. The van der Waals surface area contributed by atoms with Crippen LogP contribution >= 0.6 is 0 Å². The van der Waals surface area contributed by atoms with Crippen molar-refractivity contribution in [1.82, 2.24) is 5.32 Å². The molecule has 2 rings (SSSR count). The summed E-state index contributed by atoms with van der Waals surface area (Å²) in [6.07, 6.45) is 8.48. The highest BCUT2D eigenvalue weighted by molar-refractivity contribution is 6.02. The Bertz CT molecular complexity index is 440. The first-order valence-electron chi connectivity index (χ1n) is 6.22. The van der Waals surface area contributed by atoms with Gasteiger partial charge in [0.1, 0.15) is 0 Å². The third kappa shape index (κ3) is 2.12. The molecule has 2 aliphatic carbocycles. The number of carbonyl (C=O) groups is 1. The van der Waals surface area contributed by atoms with Crippen LogP contribution in [-0.2, 0) is 4.79 Å². The molecule has 0 aliphatic heterocycles. The number of allylic oxidation sites excluding steroid dienone is 1. The molecule has 0 saturated heterocycles. The van der Waals surface area contributed by atoms with E-state index in [1.54, 1.807) is 0 Å². The van der Waals surface area contributed by atoms with E-state index < -0.39 is 5.54 Å². The molecule has 3 heteroatoms. The Hall–Kier alpha value is -1.56. The molecule has 0 aromatic carbocycles. The lowest BCUT2D eigenvalue weighted by molar-refractivity contribution is -0.122. The highest BCUT2D eigenvalue weighted by Gasteiger charge is 2.60. The van der Waals surface area contributed by atoms with Crippen LogP contribution in [0.15, 0.2) is 23.3 Å². The van der Waals surface area contributed by atoms with Crippen LogP contribution in [0.3, 0.4) is 0 Å². The number of hydrogen-bond donors (Lipinski definition) is 1. The molecule has 0 spiro atoms. The van der Waals surface area contributed by atoms with Crippen LogP contribution in [0.25, 0.3) is 4.85 Å². The summed E-state index contributed by atoms with van der Waals surface area (Å²) < 4.78 is 0. The van der Waals surface area contributed by atoms with Crippen LogP contribution in [0, 0.1) is 6.57 Å². The van der Waals surface area contributed by atoms with Crippen molar-refractivity contribution >= 4 is 5.91 Å². The summed E-state index contributed by atoms with van der Waals surface area (Å²) in [6, 6.07) is 0.0803. The fourth-order valence-corrected chi connectivity index (χ4v) is 2.30. The molecule has 17 heavy (non-hydrogen) atoms. The number of hydrogen-bond acceptors (Lipinski definition) is 1. The van der Waals surface area contributed by atoms with E-state index in [2.05, 4.69) is 16.2 Å². The third-order valence-corrected chi connectivity index (χ3v) is 3.26. The van der Waals surface area contributed by atoms with Crippen molar-refractivity contribution in [3.05, 3.63) is 34.7 Å². The Morgan fingerprint density at radius 1 is 1.53 bits per heavy atom. The van der Waals surface area contributed by atoms with Crippen molar-refractivity contribution in [2.45, 2.75) is 51.1 Å². The Morgan fingerprint density at radius 3 is 2.82 bits per heavy atom. The molecule has 0 aromatic heterocycles. The second kappa shape index (κ2) is 4.37. The lowest BCUT2D eigenvalue weighted by Crippen LogP contribution is -2.40. The van der Waals surface area contributed by atoms with Crippen LogP contribution in [0.2, 0.25) is 0 Å². The standard InChI is InChI=1S/C14H18N2O/c1-10(2)16-13(17)14(15-3)9-12(14)11-7-5-4-6-8-11/h7,9-10H,4-6,8H2,1-2H3,(H,16,17)/t14-/m0/s1. The van der Waals surface area contributed by atoms with Crippen molar-refractivity contribution in [3.8, 4) is 0 Å². The highest BCUT2D eigenvalue weighted by Crippen LogP contribution is 2.46. The SMILES string of the molecule is [C-]#[N+][C@@]1(C(=O)NC(C)C)C=C1C1=CCCCC1. The molecule has 0 fully saturated rings. The Labute approximate surface area is 102 Å². The normalized spacial score (nSPS) is 26.9. The van der Waals surface area contributed by atoms with Crippen LogP contribution in [0.4, 0.5) is 0 Å². The maximum absolute atomic E-state index is 12.0. The van der Waals surface area contributed by atoms with E-state index in [0.717, 1.165) is 18.4 Å². The lowest BCUT2D eigenvalue weighted by Gasteiger charge is -2.14. The van der Waals surface area contributed by atoms with Crippen molar-refractivity contribution in [2.24, 2.45) is 0 Å². The number of amides is 1. The summed E-state index contributed by atoms with van der Waals surface area (Å²) in [6.45, 7) is 11.1. The average molecular weight is 230 g/mol. The molecule has 1 amide bonds. The fourth-order valence-electron chi connectivity index (χ4n) is 2.30. The van der Waals surface area contributed by atoms with Gasteiger partial charge in [0.2, 0.25) is 0 Å². The first-order chi connectivity index (χ1) is 8.10. The van der Waals surface area contributed by atoms with Crippen LogP contribution < -0.4 is 5.32 Å². The van der Waals surface area contributed by atoms with Crippen molar-refractivity contribution in [1.29, 1.82) is 0 Å². The van der Waals surface area contributed by atoms with E-state index in [0.29, 0.717) is 0 Å². The van der Waals surface area contributed by atoms with Gasteiger partial charge in [-0.25, -0.2) is 6.57 Å². The smallest absolute Gasteiger partial charge is 0.346 e. The first kappa shape index (κ1) is 11.9. The minimum absolute atomic E-state index is 0.0803. The first-order valence-corrected chi connectivity index (χ1v) is 6.22. The molecule has 3 nitrogen and oxygen atoms in total. The zero-order valence-corrected chi connectivity index (χ0v) is 10.4. The molecule has 0 saturated carbocycles. The Morgan fingerprint density at radius 2 is 2.29 bits per heavy atom. The number of rotatable bonds is 3. The number of nitrogens with zero attached hydrogens (tertiary/aromatic N) is 1. The second-order valence-electron chi connectivity index (χ2n) is 5.04. The van der Waals surface area contributed by atoms with E-state index in [1.807, 2.05) is 19.9 Å². The summed E-state index contributed by atoms with van der Waals surface area (Å²) in [5.74, 6) is -0.163. The zero-order chi connectivity index (χ0) is 12.5. The molecular formula is C14H18N2O. The van der Waals surface area contributed by atoms with Crippen molar-refractivity contribution < 1.29 is 4.79 Å². The summed E-state index contributed by atoms with van der Waals surface area (Å²) >= 11 is 0. The molecule has 0 heterocycles. The van der Waals surface area contributed by atoms with E-state index in [-0.39, 0.29) is 11.9 Å². The van der Waals surface area contributed by atoms with E-state index in [9.17, 15) is 4.79 Å². The van der Waals surface area contributed by atoms with Gasteiger partial charge in [-0.2, -0.15) is 0 Å².